The fourth-order valence-corrected chi connectivity index (χ4v) is 4.42. The normalized spacial score (nSPS) is 12.3. The van der Waals surface area contributed by atoms with Gasteiger partial charge in [-0.15, -0.1) is 11.3 Å². The number of para-hydroxylation sites is 1. The molecule has 1 aliphatic rings. The molecule has 0 bridgehead atoms. The summed E-state index contributed by atoms with van der Waals surface area (Å²) in [6.07, 6.45) is 1.33. The van der Waals surface area contributed by atoms with E-state index < -0.39 is 5.91 Å². The molecule has 0 radical (unpaired) electrons. The Morgan fingerprint density at radius 2 is 1.97 bits per heavy atom. The number of nitrogens with zero attached hydrogens (tertiary/aromatic N) is 2. The second-order valence-electron chi connectivity index (χ2n) is 6.48. The molecule has 3 heterocycles. The Balaban J connectivity index is 1.59. The molecule has 4 aromatic rings. The Hall–Kier alpha value is -3.65. The number of carbonyl (C=O) groups excluding carboxylic acids is 1. The number of benzene rings is 2. The minimum absolute atomic E-state index is 0.0572. The number of aryl methyl sites for hydroxylation is 1. The van der Waals surface area contributed by atoms with Gasteiger partial charge in [0.15, 0.2) is 11.5 Å². The molecule has 0 saturated heterocycles. The van der Waals surface area contributed by atoms with Crippen LogP contribution in [0.25, 0.3) is 21.3 Å². The van der Waals surface area contributed by atoms with Crippen LogP contribution >= 0.6 is 11.3 Å². The molecule has 1 amide bonds. The van der Waals surface area contributed by atoms with Crippen molar-refractivity contribution in [3.8, 4) is 22.6 Å². The van der Waals surface area contributed by atoms with Crippen LogP contribution in [0.2, 0.25) is 0 Å². The first-order chi connectivity index (χ1) is 14.1. The van der Waals surface area contributed by atoms with Crippen molar-refractivity contribution in [1.29, 1.82) is 0 Å². The Labute approximate surface area is 169 Å². The van der Waals surface area contributed by atoms with Crippen LogP contribution in [0.5, 0.6) is 11.5 Å². The van der Waals surface area contributed by atoms with Gasteiger partial charge < -0.3 is 9.47 Å². The summed E-state index contributed by atoms with van der Waals surface area (Å²) >= 11 is 1.45. The number of nitrogens with one attached hydrogen (secondary N) is 1. The van der Waals surface area contributed by atoms with E-state index >= 15 is 0 Å². The third-order valence-electron chi connectivity index (χ3n) is 4.71. The van der Waals surface area contributed by atoms with Crippen molar-refractivity contribution in [1.82, 2.24) is 9.66 Å². The predicted molar refractivity (Wildman–Crippen MR) is 110 cm³/mol. The van der Waals surface area contributed by atoms with Gasteiger partial charge in [0.1, 0.15) is 11.2 Å². The average molecular weight is 405 g/mol. The summed E-state index contributed by atoms with van der Waals surface area (Å²) < 4.78 is 11.8. The second kappa shape index (κ2) is 6.75. The lowest BCUT2D eigenvalue weighted by molar-refractivity contribution is 0.100. The van der Waals surface area contributed by atoms with E-state index in [4.69, 9.17) is 9.47 Å². The predicted octanol–water partition coefficient (Wildman–Crippen LogP) is 3.55. The minimum atomic E-state index is -0.483. The highest BCUT2D eigenvalue weighted by Crippen LogP contribution is 2.36. The van der Waals surface area contributed by atoms with Crippen LogP contribution in [-0.4, -0.2) is 22.4 Å². The van der Waals surface area contributed by atoms with E-state index in [1.165, 1.54) is 17.7 Å². The molecular formula is C21H15N3O4S. The first kappa shape index (κ1) is 17.4. The van der Waals surface area contributed by atoms with Gasteiger partial charge in [0, 0.05) is 10.4 Å². The number of carbonyl (C=O) groups is 1. The van der Waals surface area contributed by atoms with Crippen LogP contribution < -0.4 is 20.5 Å². The van der Waals surface area contributed by atoms with Crippen molar-refractivity contribution >= 4 is 27.5 Å². The molecule has 8 heteroatoms. The Kier molecular flexibility index (Phi) is 4.06. The lowest BCUT2D eigenvalue weighted by Crippen LogP contribution is -2.33. The Morgan fingerprint density at radius 3 is 2.79 bits per heavy atom. The molecular weight excluding hydrogens is 390 g/mol. The molecule has 144 valence electrons. The number of ether oxygens (including phenoxy) is 2. The van der Waals surface area contributed by atoms with E-state index in [1.54, 1.807) is 18.2 Å². The first-order valence-electron chi connectivity index (χ1n) is 8.89. The van der Waals surface area contributed by atoms with Crippen molar-refractivity contribution in [2.45, 2.75) is 6.92 Å². The molecule has 1 N–H and O–H groups in total. The number of fused-ring (bicyclic) bond motifs is 2. The number of amides is 1. The summed E-state index contributed by atoms with van der Waals surface area (Å²) in [4.78, 5) is 32.0. The van der Waals surface area contributed by atoms with Gasteiger partial charge in [0.25, 0.3) is 11.5 Å². The van der Waals surface area contributed by atoms with Crippen LogP contribution in [-0.2, 0) is 0 Å². The van der Waals surface area contributed by atoms with E-state index in [2.05, 4.69) is 10.4 Å². The van der Waals surface area contributed by atoms with E-state index in [9.17, 15) is 9.59 Å². The van der Waals surface area contributed by atoms with E-state index in [0.717, 1.165) is 20.7 Å². The van der Waals surface area contributed by atoms with E-state index in [0.29, 0.717) is 21.7 Å². The lowest BCUT2D eigenvalue weighted by atomic mass is 10.0. The summed E-state index contributed by atoms with van der Waals surface area (Å²) in [7, 11) is 0. The number of hydrogen-bond donors (Lipinski definition) is 1. The van der Waals surface area contributed by atoms with E-state index in [1.807, 2.05) is 37.3 Å². The molecule has 0 spiro atoms. The molecule has 2 aromatic carbocycles. The van der Waals surface area contributed by atoms with Gasteiger partial charge in [-0.1, -0.05) is 36.4 Å². The quantitative estimate of drug-likeness (QED) is 0.564. The van der Waals surface area contributed by atoms with Crippen molar-refractivity contribution in [3.63, 3.8) is 0 Å². The molecule has 7 nitrogen and oxygen atoms in total. The maximum atomic E-state index is 13.2. The summed E-state index contributed by atoms with van der Waals surface area (Å²) in [5.41, 5.74) is 4.33. The smallest absolute Gasteiger partial charge is 0.281 e. The van der Waals surface area contributed by atoms with Crippen LogP contribution in [0.4, 0.5) is 0 Å². The van der Waals surface area contributed by atoms with Gasteiger partial charge in [-0.25, -0.2) is 9.66 Å². The van der Waals surface area contributed by atoms with Gasteiger partial charge in [-0.2, -0.15) is 0 Å². The first-order valence-corrected chi connectivity index (χ1v) is 9.71. The monoisotopic (exact) mass is 405 g/mol. The topological polar surface area (TPSA) is 82.5 Å². The Morgan fingerprint density at radius 1 is 1.14 bits per heavy atom. The number of aromatic nitrogens is 2. The zero-order valence-corrected chi connectivity index (χ0v) is 16.2. The van der Waals surface area contributed by atoms with Crippen molar-refractivity contribution in [2.75, 3.05) is 12.2 Å². The fourth-order valence-electron chi connectivity index (χ4n) is 3.41. The zero-order valence-electron chi connectivity index (χ0n) is 15.3. The van der Waals surface area contributed by atoms with Gasteiger partial charge in [0.05, 0.1) is 10.9 Å². The van der Waals surface area contributed by atoms with Gasteiger partial charge in [0.2, 0.25) is 6.79 Å². The molecule has 29 heavy (non-hydrogen) atoms. The lowest BCUT2D eigenvalue weighted by Gasteiger charge is -2.10. The maximum Gasteiger partial charge on any atom is 0.281 e. The number of hydrogen-bond acceptors (Lipinski definition) is 6. The molecule has 2 aromatic heterocycles. The molecule has 0 fully saturated rings. The molecule has 0 aliphatic carbocycles. The van der Waals surface area contributed by atoms with Gasteiger partial charge >= 0.3 is 0 Å². The minimum Gasteiger partial charge on any atom is -0.454 e. The standard InChI is InChI=1S/C21H15N3O4S/c1-12-16(13-6-3-2-4-7-13)17-20(29-12)22-10-24(21(17)26)23-19(25)14-8-5-9-15-18(14)28-11-27-15/h2-10H,11H2,1H3,(H,23,25). The third kappa shape index (κ3) is 2.85. The third-order valence-corrected chi connectivity index (χ3v) is 5.73. The molecule has 5 rings (SSSR count). The summed E-state index contributed by atoms with van der Waals surface area (Å²) in [5.74, 6) is 0.380. The zero-order chi connectivity index (χ0) is 20.0. The highest BCUT2D eigenvalue weighted by Gasteiger charge is 2.23. The fraction of sp³-hybridized carbons (Fsp3) is 0.0952. The molecule has 0 unspecified atom stereocenters. The van der Waals surface area contributed by atoms with Gasteiger partial charge in [-0.05, 0) is 24.6 Å². The van der Waals surface area contributed by atoms with Crippen LogP contribution in [0.1, 0.15) is 15.2 Å². The average Bonchev–Trinajstić information content (AvgIpc) is 3.34. The van der Waals surface area contributed by atoms with E-state index in [-0.39, 0.29) is 17.9 Å². The Bertz CT molecular complexity index is 1310. The molecule has 0 saturated carbocycles. The van der Waals surface area contributed by atoms with Gasteiger partial charge in [-0.3, -0.25) is 15.0 Å². The van der Waals surface area contributed by atoms with Crippen molar-refractivity contribution in [3.05, 3.63) is 75.7 Å². The summed E-state index contributed by atoms with van der Waals surface area (Å²) in [5, 5.41) is 0.486. The van der Waals surface area contributed by atoms with Crippen LogP contribution in [0.15, 0.2) is 59.7 Å². The highest BCUT2D eigenvalue weighted by atomic mass is 32.1. The van der Waals surface area contributed by atoms with Crippen molar-refractivity contribution in [2.24, 2.45) is 0 Å². The van der Waals surface area contributed by atoms with Crippen LogP contribution in [0.3, 0.4) is 0 Å². The largest absolute Gasteiger partial charge is 0.454 e. The maximum absolute atomic E-state index is 13.2. The SMILES string of the molecule is Cc1sc2ncn(NC(=O)c3cccc4c3OCO4)c(=O)c2c1-c1ccccc1. The summed E-state index contributed by atoms with van der Waals surface area (Å²) in [6, 6.07) is 14.7. The molecule has 1 aliphatic heterocycles. The second-order valence-corrected chi connectivity index (χ2v) is 7.68. The number of rotatable bonds is 3. The summed E-state index contributed by atoms with van der Waals surface area (Å²) in [6.45, 7) is 2.02. The van der Waals surface area contributed by atoms with Crippen LogP contribution in [0, 0.1) is 6.92 Å². The van der Waals surface area contributed by atoms with Crippen molar-refractivity contribution < 1.29 is 14.3 Å². The molecule has 0 atom stereocenters. The number of thiophene rings is 1. The highest BCUT2D eigenvalue weighted by molar-refractivity contribution is 7.19.